The molecular weight excluding hydrogens is 110 g/mol. The monoisotopic (exact) mass is 117 g/mol. The molecule has 0 aliphatic carbocycles. The molecule has 4 nitrogen and oxygen atoms in total. The predicted octanol–water partition coefficient (Wildman–Crippen LogP) is -0.876. The van der Waals surface area contributed by atoms with E-state index < -0.39 is 0 Å². The normalized spacial score (nSPS) is 10.9. The molecule has 0 aromatic carbocycles. The zero-order valence-corrected chi connectivity index (χ0v) is 4.16. The molecule has 3 N–H and O–H groups in total. The van der Waals surface area contributed by atoms with Crippen molar-refractivity contribution in [3.05, 3.63) is 12.0 Å². The molecule has 1 amide bonds. The third kappa shape index (κ3) is 2.20. The summed E-state index contributed by atoms with van der Waals surface area (Å²) in [6.45, 7) is -0.366. The van der Waals surface area contributed by atoms with Crippen molar-refractivity contribution in [1.29, 1.82) is 0 Å². The number of nitrogens with one attached hydrogen (secondary N) is 1. The maximum Gasteiger partial charge on any atom is 0.211 e. The standard InChI is InChI=1S/C4H7NO3/c6-1-4(2-7)5-3-8/h1,3,6-7H,2H2,(H,5,8). The highest BCUT2D eigenvalue weighted by molar-refractivity contribution is 5.49. The van der Waals surface area contributed by atoms with Crippen molar-refractivity contribution in [2.24, 2.45) is 0 Å². The van der Waals surface area contributed by atoms with Crippen LogP contribution in [0.15, 0.2) is 12.0 Å². The molecule has 4 heteroatoms. The first-order chi connectivity index (χ1) is 3.85. The van der Waals surface area contributed by atoms with Crippen molar-refractivity contribution in [3.8, 4) is 0 Å². The highest BCUT2D eigenvalue weighted by Crippen LogP contribution is 1.78. The molecule has 0 radical (unpaired) electrons. The number of rotatable bonds is 3. The minimum Gasteiger partial charge on any atom is -0.514 e. The van der Waals surface area contributed by atoms with E-state index in [9.17, 15) is 4.79 Å². The molecule has 0 aliphatic rings. The van der Waals surface area contributed by atoms with Crippen LogP contribution in [0.5, 0.6) is 0 Å². The minimum atomic E-state index is -0.366. The van der Waals surface area contributed by atoms with Gasteiger partial charge in [-0.25, -0.2) is 0 Å². The number of carbonyl (C=O) groups excluding carboxylic acids is 1. The lowest BCUT2D eigenvalue weighted by Crippen LogP contribution is -2.12. The third-order valence-corrected chi connectivity index (χ3v) is 0.571. The number of hydrogen-bond donors (Lipinski definition) is 3. The van der Waals surface area contributed by atoms with Gasteiger partial charge in [-0.3, -0.25) is 4.79 Å². The van der Waals surface area contributed by atoms with E-state index >= 15 is 0 Å². The van der Waals surface area contributed by atoms with Crippen LogP contribution in [0.25, 0.3) is 0 Å². The van der Waals surface area contributed by atoms with E-state index in [0.717, 1.165) is 0 Å². The molecular formula is C4H7NO3. The van der Waals surface area contributed by atoms with Gasteiger partial charge in [0.05, 0.1) is 12.3 Å². The van der Waals surface area contributed by atoms with Gasteiger partial charge in [0.2, 0.25) is 6.41 Å². The van der Waals surface area contributed by atoms with Gasteiger partial charge in [-0.15, -0.1) is 0 Å². The van der Waals surface area contributed by atoms with Crippen LogP contribution in [0.1, 0.15) is 0 Å². The largest absolute Gasteiger partial charge is 0.514 e. The summed E-state index contributed by atoms with van der Waals surface area (Å²) in [4.78, 5) is 9.56. The highest BCUT2D eigenvalue weighted by Gasteiger charge is 1.87. The first-order valence-electron chi connectivity index (χ1n) is 1.99. The summed E-state index contributed by atoms with van der Waals surface area (Å²) in [7, 11) is 0. The maximum atomic E-state index is 9.56. The number of aliphatic hydroxyl groups excluding tert-OH is 2. The average Bonchev–Trinajstić information content (AvgIpc) is 1.83. The van der Waals surface area contributed by atoms with Gasteiger partial charge in [0.15, 0.2) is 0 Å². The molecule has 0 aromatic rings. The van der Waals surface area contributed by atoms with Crippen LogP contribution in [0, 0.1) is 0 Å². The highest BCUT2D eigenvalue weighted by atomic mass is 16.3. The van der Waals surface area contributed by atoms with Crippen LogP contribution in [0.4, 0.5) is 0 Å². The van der Waals surface area contributed by atoms with Gasteiger partial charge in [-0.05, 0) is 0 Å². The number of hydrogen-bond acceptors (Lipinski definition) is 3. The fourth-order valence-electron chi connectivity index (χ4n) is 0.199. The Morgan fingerprint density at radius 1 is 1.75 bits per heavy atom. The predicted molar refractivity (Wildman–Crippen MR) is 27.0 cm³/mol. The maximum absolute atomic E-state index is 9.56. The lowest BCUT2D eigenvalue weighted by Gasteiger charge is -1.94. The molecule has 0 aliphatic heterocycles. The molecule has 0 heterocycles. The number of carbonyl (C=O) groups is 1. The fourth-order valence-corrected chi connectivity index (χ4v) is 0.199. The summed E-state index contributed by atoms with van der Waals surface area (Å²) in [6, 6.07) is 0. The quantitative estimate of drug-likeness (QED) is 0.332. The molecule has 0 rings (SSSR count). The van der Waals surface area contributed by atoms with E-state index in [1.54, 1.807) is 0 Å². The Morgan fingerprint density at radius 2 is 2.38 bits per heavy atom. The fraction of sp³-hybridized carbons (Fsp3) is 0.250. The molecule has 8 heavy (non-hydrogen) atoms. The minimum absolute atomic E-state index is 0.0833. The van der Waals surface area contributed by atoms with Crippen molar-refractivity contribution >= 4 is 6.41 Å². The second-order valence-electron chi connectivity index (χ2n) is 1.07. The van der Waals surface area contributed by atoms with Crippen LogP contribution in [-0.4, -0.2) is 23.2 Å². The Balaban J connectivity index is 3.53. The van der Waals surface area contributed by atoms with Crippen molar-refractivity contribution in [3.63, 3.8) is 0 Å². The van der Waals surface area contributed by atoms with E-state index in [4.69, 9.17) is 10.2 Å². The Hall–Kier alpha value is -1.03. The number of aliphatic hydroxyl groups is 2. The van der Waals surface area contributed by atoms with Gasteiger partial charge in [0.25, 0.3) is 0 Å². The topological polar surface area (TPSA) is 69.6 Å². The van der Waals surface area contributed by atoms with Crippen LogP contribution in [-0.2, 0) is 4.79 Å². The molecule has 0 unspecified atom stereocenters. The van der Waals surface area contributed by atoms with Gasteiger partial charge in [-0.2, -0.15) is 0 Å². The lowest BCUT2D eigenvalue weighted by molar-refractivity contribution is -0.109. The first-order valence-corrected chi connectivity index (χ1v) is 1.99. The molecule has 0 aromatic heterocycles. The number of amides is 1. The van der Waals surface area contributed by atoms with E-state index in [1.807, 2.05) is 0 Å². The Labute approximate surface area is 46.4 Å². The van der Waals surface area contributed by atoms with Crippen LogP contribution < -0.4 is 5.32 Å². The van der Waals surface area contributed by atoms with Crippen molar-refractivity contribution in [1.82, 2.24) is 5.32 Å². The SMILES string of the molecule is O=CNC(=CO)CO. The van der Waals surface area contributed by atoms with Crippen molar-refractivity contribution in [2.45, 2.75) is 0 Å². The van der Waals surface area contributed by atoms with Gasteiger partial charge >= 0.3 is 0 Å². The van der Waals surface area contributed by atoms with E-state index in [1.165, 1.54) is 0 Å². The molecule has 46 valence electrons. The summed E-state index contributed by atoms with van der Waals surface area (Å²) in [6.07, 6.45) is 1.01. The molecule has 0 atom stereocenters. The van der Waals surface area contributed by atoms with Crippen LogP contribution in [0.3, 0.4) is 0 Å². The van der Waals surface area contributed by atoms with Crippen LogP contribution >= 0.6 is 0 Å². The second-order valence-corrected chi connectivity index (χ2v) is 1.07. The first kappa shape index (κ1) is 6.97. The van der Waals surface area contributed by atoms with E-state index in [-0.39, 0.29) is 12.3 Å². The Bertz CT molecular complexity index is 99.5. The smallest absolute Gasteiger partial charge is 0.211 e. The van der Waals surface area contributed by atoms with Gasteiger partial charge in [0, 0.05) is 0 Å². The zero-order valence-electron chi connectivity index (χ0n) is 4.16. The van der Waals surface area contributed by atoms with E-state index in [2.05, 4.69) is 5.32 Å². The second kappa shape index (κ2) is 4.14. The summed E-state index contributed by atoms with van der Waals surface area (Å²) in [5.74, 6) is 0. The summed E-state index contributed by atoms with van der Waals surface area (Å²) in [5, 5.41) is 18.4. The van der Waals surface area contributed by atoms with Gasteiger partial charge in [0.1, 0.15) is 6.26 Å². The zero-order chi connectivity index (χ0) is 6.41. The van der Waals surface area contributed by atoms with Crippen LogP contribution in [0.2, 0.25) is 0 Å². The van der Waals surface area contributed by atoms with E-state index in [0.29, 0.717) is 12.7 Å². The van der Waals surface area contributed by atoms with Gasteiger partial charge in [-0.1, -0.05) is 0 Å². The molecule has 0 spiro atoms. The Kier molecular flexibility index (Phi) is 3.60. The Morgan fingerprint density at radius 3 is 2.50 bits per heavy atom. The van der Waals surface area contributed by atoms with Crippen molar-refractivity contribution in [2.75, 3.05) is 6.61 Å². The van der Waals surface area contributed by atoms with Crippen molar-refractivity contribution < 1.29 is 15.0 Å². The summed E-state index contributed by atoms with van der Waals surface area (Å²) in [5.41, 5.74) is 0.0833. The molecule has 0 fully saturated rings. The average molecular weight is 117 g/mol. The molecule has 0 bridgehead atoms. The van der Waals surface area contributed by atoms with Gasteiger partial charge < -0.3 is 15.5 Å². The summed E-state index contributed by atoms with van der Waals surface area (Å²) >= 11 is 0. The summed E-state index contributed by atoms with van der Waals surface area (Å²) < 4.78 is 0. The molecule has 0 saturated carbocycles. The lowest BCUT2D eigenvalue weighted by atomic mass is 10.5. The molecule has 0 saturated heterocycles. The third-order valence-electron chi connectivity index (χ3n) is 0.571.